The third-order valence-corrected chi connectivity index (χ3v) is 14.1. The topological polar surface area (TPSA) is 66.4 Å². The lowest BCUT2D eigenvalue weighted by Crippen LogP contribution is -2.67. The number of carbonyl (C=O) groups is 2. The lowest BCUT2D eigenvalue weighted by molar-refractivity contribution is -0.216. The molecule has 3 unspecified atom stereocenters. The van der Waals surface area contributed by atoms with Crippen molar-refractivity contribution in [1.82, 2.24) is 5.32 Å². The molecule has 2 N–H and O–H groups in total. The van der Waals surface area contributed by atoms with Gasteiger partial charge in [-0.25, -0.2) is 4.79 Å². The minimum Gasteiger partial charge on any atom is -0.478 e. The predicted molar refractivity (Wildman–Crippen MR) is 161 cm³/mol. The Balaban J connectivity index is 1.32. The Morgan fingerprint density at radius 2 is 1.57 bits per heavy atom. The summed E-state index contributed by atoms with van der Waals surface area (Å²) >= 11 is 0. The number of hydrogen-bond donors (Lipinski definition) is 2. The molecule has 4 fully saturated rings. The lowest BCUT2D eigenvalue weighted by Gasteiger charge is -2.72. The van der Waals surface area contributed by atoms with Gasteiger partial charge in [0.1, 0.15) is 0 Å². The maximum Gasteiger partial charge on any atom is 0.335 e. The second kappa shape index (κ2) is 9.20. The van der Waals surface area contributed by atoms with Crippen LogP contribution in [0.5, 0.6) is 0 Å². The standard InChI is InChI=1S/C36H51NO3/c1-7-30(38)37-36-18-8-9-27(36)26-14-15-29-33(4)19-16-25(23-10-12-24(13-11-23)31(39)40)32(2,3)28(33)17-20-35(29,6)34(26,5)21-22-36/h10-13,16,26-29H,7-9,14-15,17-22H2,1-6H3,(H,37,38)(H,39,40)/t26-,27?,28?,29?,33+,34-,35-,36+/m1/s1. The van der Waals surface area contributed by atoms with Crippen LogP contribution in [0.1, 0.15) is 128 Å². The highest BCUT2D eigenvalue weighted by Gasteiger charge is 2.69. The molecule has 0 spiro atoms. The summed E-state index contributed by atoms with van der Waals surface area (Å²) in [4.78, 5) is 24.1. The van der Waals surface area contributed by atoms with Gasteiger partial charge in [-0.05, 0) is 126 Å². The quantitative estimate of drug-likeness (QED) is 0.398. The molecule has 4 heteroatoms. The third kappa shape index (κ3) is 3.69. The number of nitrogens with one attached hydrogen (secondary N) is 1. The first kappa shape index (κ1) is 28.0. The highest BCUT2D eigenvalue weighted by Crippen LogP contribution is 2.76. The average molecular weight is 546 g/mol. The van der Waals surface area contributed by atoms with Crippen molar-refractivity contribution >= 4 is 17.4 Å². The first-order valence-corrected chi connectivity index (χ1v) is 16.2. The summed E-state index contributed by atoms with van der Waals surface area (Å²) in [5.41, 5.74) is 3.91. The second-order valence-corrected chi connectivity index (χ2v) is 15.7. The summed E-state index contributed by atoms with van der Waals surface area (Å²) in [7, 11) is 0. The summed E-state index contributed by atoms with van der Waals surface area (Å²) in [5.74, 6) is 2.02. The van der Waals surface area contributed by atoms with Crippen LogP contribution < -0.4 is 5.32 Å². The predicted octanol–water partition coefficient (Wildman–Crippen LogP) is 8.51. The molecule has 0 saturated heterocycles. The Kier molecular flexibility index (Phi) is 6.45. The molecule has 0 radical (unpaired) electrons. The van der Waals surface area contributed by atoms with E-state index >= 15 is 0 Å². The van der Waals surface area contributed by atoms with Gasteiger partial charge in [-0.2, -0.15) is 0 Å². The minimum absolute atomic E-state index is 0.0361. The van der Waals surface area contributed by atoms with Gasteiger partial charge in [0, 0.05) is 12.0 Å². The Morgan fingerprint density at radius 1 is 0.850 bits per heavy atom. The van der Waals surface area contributed by atoms with E-state index in [1.54, 1.807) is 12.1 Å². The van der Waals surface area contributed by atoms with Crippen molar-refractivity contribution in [2.75, 3.05) is 0 Å². The zero-order valence-corrected chi connectivity index (χ0v) is 25.7. The normalized spacial score (nSPS) is 43.4. The van der Waals surface area contributed by atoms with Crippen molar-refractivity contribution in [1.29, 1.82) is 0 Å². The van der Waals surface area contributed by atoms with Crippen molar-refractivity contribution in [3.05, 3.63) is 41.5 Å². The summed E-state index contributed by atoms with van der Waals surface area (Å²) in [6.07, 6.45) is 15.5. The van der Waals surface area contributed by atoms with E-state index in [1.807, 2.05) is 19.1 Å². The van der Waals surface area contributed by atoms with Crippen LogP contribution in [0, 0.1) is 45.3 Å². The van der Waals surface area contributed by atoms with Crippen molar-refractivity contribution in [2.45, 2.75) is 118 Å². The van der Waals surface area contributed by atoms with Crippen molar-refractivity contribution < 1.29 is 14.7 Å². The molecular formula is C36H51NO3. The summed E-state index contributed by atoms with van der Waals surface area (Å²) in [5, 5.41) is 13.0. The number of fused-ring (bicyclic) bond motifs is 7. The van der Waals surface area contributed by atoms with Crippen LogP contribution in [-0.4, -0.2) is 22.5 Å². The van der Waals surface area contributed by atoms with E-state index in [1.165, 1.54) is 62.5 Å². The number of hydrogen-bond acceptors (Lipinski definition) is 2. The van der Waals surface area contributed by atoms with E-state index in [9.17, 15) is 14.7 Å². The molecule has 4 saturated carbocycles. The smallest absolute Gasteiger partial charge is 0.335 e. The second-order valence-electron chi connectivity index (χ2n) is 15.7. The highest BCUT2D eigenvalue weighted by molar-refractivity contribution is 5.88. The Labute approximate surface area is 241 Å². The number of carbonyl (C=O) groups excluding carboxylic acids is 1. The van der Waals surface area contributed by atoms with Gasteiger partial charge in [-0.15, -0.1) is 0 Å². The van der Waals surface area contributed by atoms with Gasteiger partial charge >= 0.3 is 5.97 Å². The molecule has 8 atom stereocenters. The SMILES string of the molecule is CCC(=O)N[C@]12CCCC1[C@H]1CCC3[C@@]4(C)CC=C(c5ccc(C(=O)O)cc5)C(C)(C)C4CC[C@@]3(C)[C@]1(C)CC2. The number of carboxylic acids is 1. The average Bonchev–Trinajstić information content (AvgIpc) is 3.32. The maximum atomic E-state index is 12.6. The highest BCUT2D eigenvalue weighted by atomic mass is 16.4. The number of rotatable bonds is 4. The molecule has 1 aromatic rings. The molecule has 1 amide bonds. The monoisotopic (exact) mass is 545 g/mol. The Bertz CT molecular complexity index is 1230. The molecule has 5 aliphatic carbocycles. The Hall–Kier alpha value is -2.10. The first-order valence-electron chi connectivity index (χ1n) is 16.2. The van der Waals surface area contributed by atoms with Crippen LogP contribution in [0.15, 0.2) is 30.3 Å². The van der Waals surface area contributed by atoms with E-state index < -0.39 is 5.97 Å². The fraction of sp³-hybridized carbons (Fsp3) is 0.722. The lowest BCUT2D eigenvalue weighted by atomic mass is 9.33. The molecule has 6 rings (SSSR count). The van der Waals surface area contributed by atoms with Crippen LogP contribution in [0.4, 0.5) is 0 Å². The maximum absolute atomic E-state index is 12.6. The summed E-state index contributed by atoms with van der Waals surface area (Å²) in [6.45, 7) is 14.9. The van der Waals surface area contributed by atoms with Gasteiger partial charge in [-0.1, -0.05) is 66.2 Å². The molecule has 4 nitrogen and oxygen atoms in total. The van der Waals surface area contributed by atoms with Crippen LogP contribution in [0.25, 0.3) is 5.57 Å². The van der Waals surface area contributed by atoms with Crippen molar-refractivity contribution in [3.63, 3.8) is 0 Å². The van der Waals surface area contributed by atoms with Gasteiger partial charge in [0.05, 0.1) is 5.56 Å². The van der Waals surface area contributed by atoms with Gasteiger partial charge < -0.3 is 10.4 Å². The van der Waals surface area contributed by atoms with Gasteiger partial charge in [0.25, 0.3) is 0 Å². The van der Waals surface area contributed by atoms with Crippen molar-refractivity contribution in [3.8, 4) is 0 Å². The molecule has 218 valence electrons. The van der Waals surface area contributed by atoms with E-state index in [-0.39, 0.29) is 22.3 Å². The fourth-order valence-electron chi connectivity index (χ4n) is 12.0. The zero-order valence-electron chi connectivity index (χ0n) is 25.7. The van der Waals surface area contributed by atoms with Crippen LogP contribution in [0.2, 0.25) is 0 Å². The minimum atomic E-state index is -0.864. The molecule has 0 heterocycles. The molecule has 1 aromatic carbocycles. The third-order valence-electron chi connectivity index (χ3n) is 14.1. The molecule has 5 aliphatic rings. The molecular weight excluding hydrogens is 494 g/mol. The first-order chi connectivity index (χ1) is 18.8. The summed E-state index contributed by atoms with van der Waals surface area (Å²) in [6, 6.07) is 7.56. The van der Waals surface area contributed by atoms with Gasteiger partial charge in [-0.3, -0.25) is 4.79 Å². The largest absolute Gasteiger partial charge is 0.478 e. The van der Waals surface area contributed by atoms with Crippen LogP contribution in [-0.2, 0) is 4.79 Å². The molecule has 40 heavy (non-hydrogen) atoms. The number of amides is 1. The van der Waals surface area contributed by atoms with E-state index in [4.69, 9.17) is 0 Å². The number of carboxylic acid groups (broad SMARTS) is 1. The van der Waals surface area contributed by atoms with Crippen LogP contribution >= 0.6 is 0 Å². The Morgan fingerprint density at radius 3 is 2.25 bits per heavy atom. The fourth-order valence-corrected chi connectivity index (χ4v) is 12.0. The summed E-state index contributed by atoms with van der Waals surface area (Å²) < 4.78 is 0. The number of benzene rings is 1. The van der Waals surface area contributed by atoms with E-state index in [0.29, 0.717) is 46.5 Å². The van der Waals surface area contributed by atoms with Gasteiger partial charge in [0.15, 0.2) is 0 Å². The zero-order chi connectivity index (χ0) is 28.7. The van der Waals surface area contributed by atoms with Crippen molar-refractivity contribution in [2.24, 2.45) is 45.3 Å². The molecule has 0 aromatic heterocycles. The van der Waals surface area contributed by atoms with E-state index in [2.05, 4.69) is 46.0 Å². The van der Waals surface area contributed by atoms with E-state index in [0.717, 1.165) is 12.8 Å². The molecule has 0 bridgehead atoms. The number of allylic oxidation sites excluding steroid dienone is 2. The number of aromatic carboxylic acids is 1. The van der Waals surface area contributed by atoms with Crippen LogP contribution in [0.3, 0.4) is 0 Å². The molecule has 0 aliphatic heterocycles. The van der Waals surface area contributed by atoms with Gasteiger partial charge in [0.2, 0.25) is 5.91 Å².